The largest absolute Gasteiger partial charge is 0.464 e. The minimum atomic E-state index is -1.09. The van der Waals surface area contributed by atoms with Crippen LogP contribution in [0, 0.1) is 26.2 Å². The third-order valence-electron chi connectivity index (χ3n) is 6.70. The molecule has 0 aromatic carbocycles. The first-order valence-electron chi connectivity index (χ1n) is 12.8. The zero-order valence-corrected chi connectivity index (χ0v) is 25.8. The fourth-order valence-corrected chi connectivity index (χ4v) is 4.88. The van der Waals surface area contributed by atoms with Crippen molar-refractivity contribution in [3.63, 3.8) is 0 Å². The number of alkyl carbamates (subject to hydrolysis) is 1. The zero-order valence-electron chi connectivity index (χ0n) is 23.0. The van der Waals surface area contributed by atoms with Crippen LogP contribution in [-0.4, -0.2) is 65.2 Å². The molecule has 2 heterocycles. The van der Waals surface area contributed by atoms with Crippen LogP contribution in [0.25, 0.3) is 0 Å². The Morgan fingerprint density at radius 1 is 1.24 bits per heavy atom. The maximum atomic E-state index is 13.6. The van der Waals surface area contributed by atoms with Gasteiger partial charge in [0.25, 0.3) is 0 Å². The maximum Gasteiger partial charge on any atom is 0.408 e. The number of carbonyl (C=O) groups is 4. The fraction of sp³-hybridized carbons (Fsp3) is 0.704. The number of nitrogens with zero attached hydrogens (tertiary/aromatic N) is 1. The molecule has 3 aliphatic rings. The predicted octanol–water partition coefficient (Wildman–Crippen LogP) is 3.34. The van der Waals surface area contributed by atoms with Gasteiger partial charge in [0.1, 0.15) is 23.2 Å². The van der Waals surface area contributed by atoms with Crippen molar-refractivity contribution in [3.8, 4) is 0 Å². The van der Waals surface area contributed by atoms with Gasteiger partial charge in [-0.1, -0.05) is 25.0 Å². The van der Waals surface area contributed by atoms with Gasteiger partial charge in [-0.3, -0.25) is 9.59 Å². The molecule has 207 valence electrons. The van der Waals surface area contributed by atoms with Gasteiger partial charge in [0.15, 0.2) is 0 Å². The molecule has 0 aromatic rings. The van der Waals surface area contributed by atoms with Gasteiger partial charge in [-0.05, 0) is 66.3 Å². The van der Waals surface area contributed by atoms with E-state index in [1.807, 2.05) is 12.2 Å². The van der Waals surface area contributed by atoms with E-state index in [2.05, 4.69) is 17.6 Å². The standard InChI is InChI=1S/C26H40N3O6.CH3.Y/c1-6-34-23(32)26-15-18(26)12-10-8-7-9-11-13-19(27-24(33)35-25(3,4)5)22(31)29-16-17(2)14-20(29)21(30)28-26;;/h10,12,17-20H,2,6-9,11,13-16H2,1,3-5H3,(H,27,33)(H,28,30);1H3;/q2*-1;/b12-10-;;/t17-,18?,19+,20+,26-;;/m1../s1. The molecule has 37 heavy (non-hydrogen) atoms. The Hall–Kier alpha value is -1.48. The van der Waals surface area contributed by atoms with Crippen molar-refractivity contribution in [1.82, 2.24) is 15.5 Å². The minimum Gasteiger partial charge on any atom is -0.464 e. The van der Waals surface area contributed by atoms with Crippen LogP contribution < -0.4 is 10.6 Å². The number of fused-ring (bicyclic) bond motifs is 2. The molecular weight excluding hydrogens is 551 g/mol. The zero-order chi connectivity index (χ0) is 25.8. The summed E-state index contributed by atoms with van der Waals surface area (Å²) in [6.45, 7) is 11.6. The van der Waals surface area contributed by atoms with Gasteiger partial charge in [-0.15, -0.1) is 5.92 Å². The molecule has 5 atom stereocenters. The second-order valence-corrected chi connectivity index (χ2v) is 10.9. The van der Waals surface area contributed by atoms with E-state index >= 15 is 0 Å². The number of ether oxygens (including phenoxy) is 2. The van der Waals surface area contributed by atoms with Crippen LogP contribution in [0.3, 0.4) is 0 Å². The average Bonchev–Trinajstić information content (AvgIpc) is 3.30. The van der Waals surface area contributed by atoms with E-state index in [1.54, 1.807) is 27.7 Å². The summed E-state index contributed by atoms with van der Waals surface area (Å²) >= 11 is 0. The molecule has 9 nitrogen and oxygen atoms in total. The van der Waals surface area contributed by atoms with E-state index < -0.39 is 35.3 Å². The Morgan fingerprint density at radius 2 is 1.95 bits per heavy atom. The second-order valence-electron chi connectivity index (χ2n) is 10.9. The van der Waals surface area contributed by atoms with Crippen molar-refractivity contribution in [3.05, 3.63) is 26.5 Å². The molecule has 1 saturated carbocycles. The summed E-state index contributed by atoms with van der Waals surface area (Å²) in [7, 11) is 0. The van der Waals surface area contributed by atoms with Gasteiger partial charge in [0.05, 0.1) is 6.61 Å². The number of carbonyl (C=O) groups excluding carboxylic acids is 4. The van der Waals surface area contributed by atoms with Crippen molar-refractivity contribution in [2.45, 2.75) is 95.9 Å². The number of esters is 1. The Balaban J connectivity index is 0.00000342. The molecule has 3 rings (SSSR count). The third-order valence-corrected chi connectivity index (χ3v) is 6.70. The summed E-state index contributed by atoms with van der Waals surface area (Å²) < 4.78 is 10.7. The first-order chi connectivity index (χ1) is 16.5. The van der Waals surface area contributed by atoms with Crippen molar-refractivity contribution >= 4 is 23.9 Å². The summed E-state index contributed by atoms with van der Waals surface area (Å²) in [4.78, 5) is 53.8. The summed E-state index contributed by atoms with van der Waals surface area (Å²) in [5, 5.41) is 5.65. The van der Waals surface area contributed by atoms with E-state index in [-0.39, 0.29) is 70.4 Å². The van der Waals surface area contributed by atoms with Crippen LogP contribution in [0.4, 0.5) is 4.79 Å². The van der Waals surface area contributed by atoms with Gasteiger partial charge in [0, 0.05) is 38.6 Å². The molecule has 1 unspecified atom stereocenters. The molecule has 0 aromatic heterocycles. The molecule has 1 aliphatic carbocycles. The quantitative estimate of drug-likeness (QED) is 0.295. The van der Waals surface area contributed by atoms with Gasteiger partial charge in [0.2, 0.25) is 11.8 Å². The van der Waals surface area contributed by atoms with E-state index in [0.29, 0.717) is 25.8 Å². The Kier molecular flexibility index (Phi) is 12.8. The molecule has 0 spiro atoms. The molecule has 10 heteroatoms. The maximum absolute atomic E-state index is 13.6. The van der Waals surface area contributed by atoms with Gasteiger partial charge in [-0.2, -0.15) is 0 Å². The minimum absolute atomic E-state index is 0. The second kappa shape index (κ2) is 14.1. The molecular formula is C27H43N3O6Y-2. The summed E-state index contributed by atoms with van der Waals surface area (Å²) in [6, 6.07) is -1.58. The molecule has 2 aliphatic heterocycles. The first kappa shape index (κ1) is 33.6. The van der Waals surface area contributed by atoms with Crippen molar-refractivity contribution < 1.29 is 61.4 Å². The van der Waals surface area contributed by atoms with Crippen LogP contribution >= 0.6 is 0 Å². The van der Waals surface area contributed by atoms with E-state index in [1.165, 1.54) is 4.90 Å². The average molecular weight is 595 g/mol. The number of allylic oxidation sites excluding steroid dienone is 1. The topological polar surface area (TPSA) is 114 Å². The molecule has 3 amide bonds. The van der Waals surface area contributed by atoms with Gasteiger partial charge in [-0.25, -0.2) is 9.59 Å². The van der Waals surface area contributed by atoms with Crippen LogP contribution in [0.1, 0.15) is 72.6 Å². The van der Waals surface area contributed by atoms with Crippen LogP contribution in [0.15, 0.2) is 12.2 Å². The predicted molar refractivity (Wildman–Crippen MR) is 136 cm³/mol. The Morgan fingerprint density at radius 3 is 2.59 bits per heavy atom. The monoisotopic (exact) mass is 594 g/mol. The number of amides is 3. The molecule has 1 saturated heterocycles. The fourth-order valence-electron chi connectivity index (χ4n) is 4.88. The van der Waals surface area contributed by atoms with E-state index in [0.717, 1.165) is 25.7 Å². The van der Waals surface area contributed by atoms with Crippen molar-refractivity contribution in [2.75, 3.05) is 13.2 Å². The number of hydrogen-bond donors (Lipinski definition) is 2. The Labute approximate surface area is 247 Å². The number of nitrogens with one attached hydrogen (secondary N) is 2. The summed E-state index contributed by atoms with van der Waals surface area (Å²) in [5.74, 6) is -1.42. The molecule has 0 bridgehead atoms. The van der Waals surface area contributed by atoms with Crippen LogP contribution in [0.5, 0.6) is 0 Å². The normalized spacial score (nSPS) is 31.0. The molecule has 1 radical (unpaired) electrons. The summed E-state index contributed by atoms with van der Waals surface area (Å²) in [6.07, 6.45) is 8.07. The molecule has 2 N–H and O–H groups in total. The van der Waals surface area contributed by atoms with Gasteiger partial charge >= 0.3 is 12.1 Å². The van der Waals surface area contributed by atoms with Crippen molar-refractivity contribution in [2.24, 2.45) is 11.8 Å². The third kappa shape index (κ3) is 8.77. The SMILES string of the molecule is [CH2-][C@@H]1C[C@H]2C(=O)N[C@]3(C(=O)OCC)CC3/C=C\CCCCC[C@H](NC(=O)OC(C)(C)C)C(=O)N2C1.[CH3-].[Y]. The molecule has 2 fully saturated rings. The van der Waals surface area contributed by atoms with E-state index in [9.17, 15) is 19.2 Å². The van der Waals surface area contributed by atoms with Crippen LogP contribution in [0.2, 0.25) is 0 Å². The smallest absolute Gasteiger partial charge is 0.408 e. The number of hydrogen-bond acceptors (Lipinski definition) is 6. The number of rotatable bonds is 3. The first-order valence-corrected chi connectivity index (χ1v) is 12.8. The summed E-state index contributed by atoms with van der Waals surface area (Å²) in [5.41, 5.74) is -1.79. The van der Waals surface area contributed by atoms with Crippen LogP contribution in [-0.2, 0) is 56.6 Å². The Bertz CT molecular complexity index is 858. The van der Waals surface area contributed by atoms with Crippen molar-refractivity contribution in [1.29, 1.82) is 0 Å². The van der Waals surface area contributed by atoms with E-state index in [4.69, 9.17) is 9.47 Å². The van der Waals surface area contributed by atoms with Gasteiger partial charge < -0.3 is 39.4 Å².